The average molecular weight is 329 g/mol. The number of carbonyl (C=O) groups excluding carboxylic acids is 1. The molecule has 2 N–H and O–H groups in total. The van der Waals surface area contributed by atoms with Gasteiger partial charge in [0.25, 0.3) is 5.91 Å². The highest BCUT2D eigenvalue weighted by atomic mass is 79.9. The molecule has 0 saturated carbocycles. The van der Waals surface area contributed by atoms with Crippen molar-refractivity contribution in [2.45, 2.75) is 32.9 Å². The van der Waals surface area contributed by atoms with Gasteiger partial charge in [-0.05, 0) is 46.0 Å². The summed E-state index contributed by atoms with van der Waals surface area (Å²) in [5, 5.41) is 5.93. The minimum absolute atomic E-state index is 0.103. The number of benzene rings is 1. The van der Waals surface area contributed by atoms with Crippen LogP contribution >= 0.6 is 15.9 Å². The molecule has 2 unspecified atom stereocenters. The van der Waals surface area contributed by atoms with Gasteiger partial charge in [-0.25, -0.2) is 0 Å². The summed E-state index contributed by atoms with van der Waals surface area (Å²) in [7, 11) is 1.89. The van der Waals surface area contributed by atoms with Crippen LogP contribution in [0.2, 0.25) is 0 Å². The van der Waals surface area contributed by atoms with Crippen LogP contribution in [0, 0.1) is 0 Å². The Labute approximate surface area is 123 Å². The maximum Gasteiger partial charge on any atom is 0.260 e. The van der Waals surface area contributed by atoms with E-state index in [9.17, 15) is 4.79 Å². The number of nitrogens with one attached hydrogen (secondary N) is 2. The summed E-state index contributed by atoms with van der Waals surface area (Å²) >= 11 is 3.45. The van der Waals surface area contributed by atoms with Gasteiger partial charge in [0.2, 0.25) is 0 Å². The van der Waals surface area contributed by atoms with E-state index in [4.69, 9.17) is 4.74 Å². The zero-order valence-electron chi connectivity index (χ0n) is 11.8. The molecule has 0 aromatic heterocycles. The normalized spacial score (nSPS) is 13.7. The molecule has 19 heavy (non-hydrogen) atoms. The molecule has 0 heterocycles. The Balaban J connectivity index is 2.91. The lowest BCUT2D eigenvalue weighted by molar-refractivity contribution is -0.127. The standard InChI is InChI=1S/C14H21BrN2O2/c1-5-17-14(18)10(3)19-13-7-6-11(15)8-12(13)9(2)16-4/h6-10,16H,5H2,1-4H3,(H,17,18). The smallest absolute Gasteiger partial charge is 0.260 e. The Morgan fingerprint density at radius 3 is 2.68 bits per heavy atom. The SMILES string of the molecule is CCNC(=O)C(C)Oc1ccc(Br)cc1C(C)NC. The minimum atomic E-state index is -0.510. The molecular weight excluding hydrogens is 308 g/mol. The van der Waals surface area contributed by atoms with Crippen molar-refractivity contribution in [3.63, 3.8) is 0 Å². The fourth-order valence-electron chi connectivity index (χ4n) is 1.68. The molecule has 0 radical (unpaired) electrons. The van der Waals surface area contributed by atoms with E-state index >= 15 is 0 Å². The Morgan fingerprint density at radius 2 is 2.11 bits per heavy atom. The van der Waals surface area contributed by atoms with Crippen LogP contribution in [0.1, 0.15) is 32.4 Å². The van der Waals surface area contributed by atoms with Crippen LogP contribution in [-0.4, -0.2) is 25.6 Å². The predicted octanol–water partition coefficient (Wildman–Crippen LogP) is 2.63. The molecule has 0 bridgehead atoms. The number of hydrogen-bond acceptors (Lipinski definition) is 3. The first-order valence-electron chi connectivity index (χ1n) is 6.40. The molecule has 0 saturated heterocycles. The first kappa shape index (κ1) is 16.0. The summed E-state index contributed by atoms with van der Waals surface area (Å²) < 4.78 is 6.75. The van der Waals surface area contributed by atoms with Gasteiger partial charge in [0.1, 0.15) is 5.75 Å². The van der Waals surface area contributed by atoms with Crippen molar-refractivity contribution in [1.82, 2.24) is 10.6 Å². The molecule has 0 fully saturated rings. The summed E-state index contributed by atoms with van der Waals surface area (Å²) in [6.07, 6.45) is -0.510. The van der Waals surface area contributed by atoms with E-state index in [0.29, 0.717) is 6.54 Å². The van der Waals surface area contributed by atoms with Crippen molar-refractivity contribution in [1.29, 1.82) is 0 Å². The first-order chi connectivity index (χ1) is 8.99. The van der Waals surface area contributed by atoms with E-state index in [0.717, 1.165) is 15.8 Å². The molecule has 0 aliphatic heterocycles. The van der Waals surface area contributed by atoms with Crippen molar-refractivity contribution in [2.24, 2.45) is 0 Å². The van der Waals surface area contributed by atoms with Crippen LogP contribution in [0.25, 0.3) is 0 Å². The molecule has 0 aliphatic carbocycles. The summed E-state index contributed by atoms with van der Waals surface area (Å²) in [6, 6.07) is 5.93. The first-order valence-corrected chi connectivity index (χ1v) is 7.20. The lowest BCUT2D eigenvalue weighted by Gasteiger charge is -2.20. The van der Waals surface area contributed by atoms with Crippen LogP contribution in [0.3, 0.4) is 0 Å². The second kappa shape index (κ2) is 7.50. The molecule has 106 valence electrons. The minimum Gasteiger partial charge on any atom is -0.481 e. The number of ether oxygens (including phenoxy) is 1. The topological polar surface area (TPSA) is 50.4 Å². The Morgan fingerprint density at radius 1 is 1.42 bits per heavy atom. The lowest BCUT2D eigenvalue weighted by Crippen LogP contribution is -2.36. The molecule has 4 nitrogen and oxygen atoms in total. The van der Waals surface area contributed by atoms with Crippen LogP contribution in [0.4, 0.5) is 0 Å². The zero-order chi connectivity index (χ0) is 14.4. The van der Waals surface area contributed by atoms with Crippen molar-refractivity contribution in [3.05, 3.63) is 28.2 Å². The number of amides is 1. The molecule has 5 heteroatoms. The molecule has 1 amide bonds. The number of hydrogen-bond donors (Lipinski definition) is 2. The van der Waals surface area contributed by atoms with Gasteiger partial charge in [0.15, 0.2) is 6.10 Å². The third kappa shape index (κ3) is 4.51. The molecule has 2 atom stereocenters. The molecule has 1 aromatic rings. The Kier molecular flexibility index (Phi) is 6.31. The maximum absolute atomic E-state index is 11.7. The zero-order valence-corrected chi connectivity index (χ0v) is 13.4. The fourth-order valence-corrected chi connectivity index (χ4v) is 2.06. The monoisotopic (exact) mass is 328 g/mol. The fraction of sp³-hybridized carbons (Fsp3) is 0.500. The third-order valence-electron chi connectivity index (χ3n) is 2.90. The number of rotatable bonds is 6. The second-order valence-electron chi connectivity index (χ2n) is 4.35. The van der Waals surface area contributed by atoms with Crippen LogP contribution in [0.15, 0.2) is 22.7 Å². The highest BCUT2D eigenvalue weighted by Crippen LogP contribution is 2.29. The van der Waals surface area contributed by atoms with Gasteiger partial charge < -0.3 is 15.4 Å². The molecule has 0 aliphatic rings. The van der Waals surface area contributed by atoms with E-state index in [1.807, 2.05) is 39.1 Å². The van der Waals surface area contributed by atoms with Gasteiger partial charge in [-0.2, -0.15) is 0 Å². The number of likely N-dealkylation sites (N-methyl/N-ethyl adjacent to an activating group) is 1. The molecular formula is C14H21BrN2O2. The van der Waals surface area contributed by atoms with E-state index < -0.39 is 6.10 Å². The molecule has 0 spiro atoms. The average Bonchev–Trinajstić information content (AvgIpc) is 2.40. The third-order valence-corrected chi connectivity index (χ3v) is 3.39. The van der Waals surface area contributed by atoms with Crippen LogP contribution < -0.4 is 15.4 Å². The van der Waals surface area contributed by atoms with Crippen LogP contribution in [-0.2, 0) is 4.79 Å². The van der Waals surface area contributed by atoms with E-state index in [1.54, 1.807) is 6.92 Å². The van der Waals surface area contributed by atoms with Crippen molar-refractivity contribution >= 4 is 21.8 Å². The lowest BCUT2D eigenvalue weighted by atomic mass is 10.1. The highest BCUT2D eigenvalue weighted by Gasteiger charge is 2.17. The summed E-state index contributed by atoms with van der Waals surface area (Å²) in [4.78, 5) is 11.7. The summed E-state index contributed by atoms with van der Waals surface area (Å²) in [6.45, 7) is 6.29. The number of carbonyl (C=O) groups is 1. The molecule has 1 aromatic carbocycles. The highest BCUT2D eigenvalue weighted by molar-refractivity contribution is 9.10. The van der Waals surface area contributed by atoms with Crippen molar-refractivity contribution in [2.75, 3.05) is 13.6 Å². The van der Waals surface area contributed by atoms with E-state index in [1.165, 1.54) is 0 Å². The summed E-state index contributed by atoms with van der Waals surface area (Å²) in [5.41, 5.74) is 1.02. The Hall–Kier alpha value is -1.07. The van der Waals surface area contributed by atoms with Crippen molar-refractivity contribution < 1.29 is 9.53 Å². The predicted molar refractivity (Wildman–Crippen MR) is 80.4 cm³/mol. The molecule has 1 rings (SSSR count). The van der Waals surface area contributed by atoms with Crippen molar-refractivity contribution in [3.8, 4) is 5.75 Å². The van der Waals surface area contributed by atoms with Gasteiger partial charge in [0.05, 0.1) is 0 Å². The largest absolute Gasteiger partial charge is 0.481 e. The number of halogens is 1. The maximum atomic E-state index is 11.7. The van der Waals surface area contributed by atoms with E-state index in [2.05, 4.69) is 26.6 Å². The van der Waals surface area contributed by atoms with Crippen LogP contribution in [0.5, 0.6) is 5.75 Å². The Bertz CT molecular complexity index is 437. The van der Waals surface area contributed by atoms with Gasteiger partial charge >= 0.3 is 0 Å². The summed E-state index contributed by atoms with van der Waals surface area (Å²) in [5.74, 6) is 0.622. The second-order valence-corrected chi connectivity index (χ2v) is 5.26. The van der Waals surface area contributed by atoms with Gasteiger partial charge in [-0.15, -0.1) is 0 Å². The van der Waals surface area contributed by atoms with Gasteiger partial charge in [-0.3, -0.25) is 4.79 Å². The van der Waals surface area contributed by atoms with Gasteiger partial charge in [0, 0.05) is 22.6 Å². The van der Waals surface area contributed by atoms with Gasteiger partial charge in [-0.1, -0.05) is 15.9 Å². The quantitative estimate of drug-likeness (QED) is 0.844. The van der Waals surface area contributed by atoms with E-state index in [-0.39, 0.29) is 11.9 Å².